The number of carbonyl (C=O) groups excluding carboxylic acids is 1. The van der Waals surface area contributed by atoms with E-state index in [0.29, 0.717) is 16.5 Å². The van der Waals surface area contributed by atoms with Gasteiger partial charge >= 0.3 is 0 Å². The molecular weight excluding hydrogens is 260 g/mol. The van der Waals surface area contributed by atoms with E-state index < -0.39 is 0 Å². The Kier molecular flexibility index (Phi) is 3.27. The van der Waals surface area contributed by atoms with E-state index in [-0.39, 0.29) is 5.91 Å². The molecule has 1 aliphatic rings. The van der Waals surface area contributed by atoms with Gasteiger partial charge in [-0.3, -0.25) is 10.1 Å². The van der Waals surface area contributed by atoms with Crippen LogP contribution in [-0.2, 0) is 13.0 Å². The third-order valence-electron chi connectivity index (χ3n) is 3.10. The molecule has 98 valence electrons. The first-order chi connectivity index (χ1) is 9.22. The van der Waals surface area contributed by atoms with Crippen molar-refractivity contribution in [1.29, 1.82) is 0 Å². The standard InChI is InChI=1S/C13H14N4OS/c1-8-15-13(19-17-8)16-12(18)10-3-2-9-4-5-14-7-11(9)6-10/h2-3,6,14H,4-5,7H2,1H3,(H,15,16,17,18). The van der Waals surface area contributed by atoms with E-state index >= 15 is 0 Å². The summed E-state index contributed by atoms with van der Waals surface area (Å²) in [6.45, 7) is 3.63. The molecule has 0 bridgehead atoms. The molecule has 0 fully saturated rings. The van der Waals surface area contributed by atoms with E-state index in [2.05, 4.69) is 20.0 Å². The summed E-state index contributed by atoms with van der Waals surface area (Å²) >= 11 is 1.20. The molecule has 5 nitrogen and oxygen atoms in total. The molecule has 3 rings (SSSR count). The van der Waals surface area contributed by atoms with E-state index in [1.807, 2.05) is 18.2 Å². The Bertz CT molecular complexity index is 623. The van der Waals surface area contributed by atoms with Crippen molar-refractivity contribution in [1.82, 2.24) is 14.7 Å². The van der Waals surface area contributed by atoms with Crippen LogP contribution in [0.3, 0.4) is 0 Å². The Morgan fingerprint density at radius 2 is 2.32 bits per heavy atom. The number of aryl methyl sites for hydroxylation is 1. The Morgan fingerprint density at radius 3 is 3.11 bits per heavy atom. The van der Waals surface area contributed by atoms with Gasteiger partial charge in [0.2, 0.25) is 5.13 Å². The lowest BCUT2D eigenvalue weighted by molar-refractivity contribution is 0.102. The van der Waals surface area contributed by atoms with Gasteiger partial charge in [0, 0.05) is 23.6 Å². The summed E-state index contributed by atoms with van der Waals surface area (Å²) < 4.78 is 4.04. The highest BCUT2D eigenvalue weighted by Crippen LogP contribution is 2.17. The lowest BCUT2D eigenvalue weighted by Gasteiger charge is -2.17. The van der Waals surface area contributed by atoms with Crippen LogP contribution in [0.15, 0.2) is 18.2 Å². The topological polar surface area (TPSA) is 66.9 Å². The van der Waals surface area contributed by atoms with Gasteiger partial charge in [-0.25, -0.2) is 4.98 Å². The van der Waals surface area contributed by atoms with Crippen molar-refractivity contribution < 1.29 is 4.79 Å². The number of benzene rings is 1. The summed E-state index contributed by atoms with van der Waals surface area (Å²) in [4.78, 5) is 16.2. The third kappa shape index (κ3) is 2.64. The summed E-state index contributed by atoms with van der Waals surface area (Å²) in [5, 5.41) is 6.62. The number of anilines is 1. The molecular formula is C13H14N4OS. The molecule has 0 spiro atoms. The van der Waals surface area contributed by atoms with Gasteiger partial charge in [0.1, 0.15) is 5.82 Å². The second-order valence-corrected chi connectivity index (χ2v) is 5.26. The molecule has 2 aromatic rings. The Labute approximate surface area is 115 Å². The van der Waals surface area contributed by atoms with Crippen LogP contribution < -0.4 is 10.6 Å². The zero-order chi connectivity index (χ0) is 13.2. The predicted molar refractivity (Wildman–Crippen MR) is 74.5 cm³/mol. The molecule has 0 saturated carbocycles. The minimum absolute atomic E-state index is 0.135. The zero-order valence-corrected chi connectivity index (χ0v) is 11.4. The van der Waals surface area contributed by atoms with E-state index in [1.165, 1.54) is 22.7 Å². The Hall–Kier alpha value is -1.79. The number of nitrogens with one attached hydrogen (secondary N) is 2. The Morgan fingerprint density at radius 1 is 1.42 bits per heavy atom. The minimum atomic E-state index is -0.135. The summed E-state index contributed by atoms with van der Waals surface area (Å²) in [7, 11) is 0. The van der Waals surface area contributed by atoms with Crippen molar-refractivity contribution in [2.75, 3.05) is 11.9 Å². The van der Waals surface area contributed by atoms with Gasteiger partial charge < -0.3 is 5.32 Å². The smallest absolute Gasteiger partial charge is 0.257 e. The number of amides is 1. The monoisotopic (exact) mass is 274 g/mol. The normalized spacial score (nSPS) is 13.9. The maximum Gasteiger partial charge on any atom is 0.257 e. The van der Waals surface area contributed by atoms with Crippen LogP contribution >= 0.6 is 11.5 Å². The molecule has 1 aliphatic heterocycles. The maximum atomic E-state index is 12.1. The molecule has 1 aromatic heterocycles. The molecule has 0 radical (unpaired) electrons. The SMILES string of the molecule is Cc1nsc(NC(=O)c2ccc3c(c2)CNCC3)n1. The molecule has 1 aromatic carbocycles. The van der Waals surface area contributed by atoms with Crippen molar-refractivity contribution in [3.8, 4) is 0 Å². The molecule has 19 heavy (non-hydrogen) atoms. The van der Waals surface area contributed by atoms with Crippen LogP contribution in [0.25, 0.3) is 0 Å². The van der Waals surface area contributed by atoms with Crippen LogP contribution in [0.1, 0.15) is 27.3 Å². The second kappa shape index (κ2) is 5.07. The fourth-order valence-electron chi connectivity index (χ4n) is 2.14. The molecule has 0 unspecified atom stereocenters. The lowest BCUT2D eigenvalue weighted by atomic mass is 9.98. The van der Waals surface area contributed by atoms with Gasteiger partial charge in [0.25, 0.3) is 5.91 Å². The summed E-state index contributed by atoms with van der Waals surface area (Å²) in [5.41, 5.74) is 3.18. The summed E-state index contributed by atoms with van der Waals surface area (Å²) in [6, 6.07) is 5.86. The molecule has 0 aliphatic carbocycles. The largest absolute Gasteiger partial charge is 0.312 e. The average Bonchev–Trinajstić information content (AvgIpc) is 2.83. The third-order valence-corrected chi connectivity index (χ3v) is 3.82. The number of fused-ring (bicyclic) bond motifs is 1. The van der Waals surface area contributed by atoms with Crippen LogP contribution in [0, 0.1) is 6.92 Å². The quantitative estimate of drug-likeness (QED) is 0.875. The first-order valence-electron chi connectivity index (χ1n) is 6.16. The molecule has 0 atom stereocenters. The van der Waals surface area contributed by atoms with Crippen molar-refractivity contribution in [3.05, 3.63) is 40.7 Å². The molecule has 1 amide bonds. The molecule has 2 heterocycles. The van der Waals surface area contributed by atoms with Gasteiger partial charge in [-0.1, -0.05) is 6.07 Å². The summed E-state index contributed by atoms with van der Waals surface area (Å²) in [6.07, 6.45) is 1.02. The first-order valence-corrected chi connectivity index (χ1v) is 6.94. The highest BCUT2D eigenvalue weighted by Gasteiger charge is 2.13. The number of carbonyl (C=O) groups is 1. The lowest BCUT2D eigenvalue weighted by Crippen LogP contribution is -2.24. The number of hydrogen-bond donors (Lipinski definition) is 2. The molecule has 6 heteroatoms. The van der Waals surface area contributed by atoms with Crippen molar-refractivity contribution >= 4 is 22.6 Å². The van der Waals surface area contributed by atoms with Gasteiger partial charge in [-0.2, -0.15) is 4.37 Å². The maximum absolute atomic E-state index is 12.1. The van der Waals surface area contributed by atoms with Gasteiger partial charge in [0.05, 0.1) is 0 Å². The van der Waals surface area contributed by atoms with Crippen LogP contribution in [0.4, 0.5) is 5.13 Å². The fraction of sp³-hybridized carbons (Fsp3) is 0.308. The summed E-state index contributed by atoms with van der Waals surface area (Å²) in [5.74, 6) is 0.541. The van der Waals surface area contributed by atoms with Crippen LogP contribution in [0.5, 0.6) is 0 Å². The minimum Gasteiger partial charge on any atom is -0.312 e. The van der Waals surface area contributed by atoms with Crippen molar-refractivity contribution in [2.24, 2.45) is 0 Å². The van der Waals surface area contributed by atoms with Gasteiger partial charge in [0.15, 0.2) is 0 Å². The predicted octanol–water partition coefficient (Wildman–Crippen LogP) is 1.74. The molecule has 2 N–H and O–H groups in total. The van der Waals surface area contributed by atoms with E-state index in [4.69, 9.17) is 0 Å². The first kappa shape index (κ1) is 12.3. The molecule has 0 saturated heterocycles. The van der Waals surface area contributed by atoms with Crippen LogP contribution in [-0.4, -0.2) is 21.8 Å². The van der Waals surface area contributed by atoms with Crippen molar-refractivity contribution in [3.63, 3.8) is 0 Å². The van der Waals surface area contributed by atoms with Gasteiger partial charge in [-0.15, -0.1) is 0 Å². The van der Waals surface area contributed by atoms with Gasteiger partial charge in [-0.05, 0) is 43.1 Å². The fourth-order valence-corrected chi connectivity index (χ4v) is 2.71. The zero-order valence-electron chi connectivity index (χ0n) is 10.6. The van der Waals surface area contributed by atoms with E-state index in [0.717, 1.165) is 19.5 Å². The average molecular weight is 274 g/mol. The highest BCUT2D eigenvalue weighted by molar-refractivity contribution is 7.09. The second-order valence-electron chi connectivity index (χ2n) is 4.51. The number of nitrogens with zero attached hydrogens (tertiary/aromatic N) is 2. The number of aromatic nitrogens is 2. The van der Waals surface area contributed by atoms with E-state index in [9.17, 15) is 4.79 Å². The number of rotatable bonds is 2. The Balaban J connectivity index is 1.80. The number of hydrogen-bond acceptors (Lipinski definition) is 5. The highest BCUT2D eigenvalue weighted by atomic mass is 32.1. The van der Waals surface area contributed by atoms with E-state index in [1.54, 1.807) is 6.92 Å². The van der Waals surface area contributed by atoms with Crippen molar-refractivity contribution in [2.45, 2.75) is 19.9 Å². The van der Waals surface area contributed by atoms with Crippen LogP contribution in [0.2, 0.25) is 0 Å².